The Kier molecular flexibility index (Phi) is 4.79. The summed E-state index contributed by atoms with van der Waals surface area (Å²) in [5, 5.41) is 0.960. The first-order chi connectivity index (χ1) is 12.1. The van der Waals surface area contributed by atoms with Crippen molar-refractivity contribution in [3.05, 3.63) is 58.4 Å². The standard InChI is InChI=1S/C21H23NO3/c1-5-22(6-2)16-9-12-18-14(3)20(21(23)25-19(18)13-16)15-7-10-17(24-4)11-8-15/h7-13H,5-6H2,1-4H3. The highest BCUT2D eigenvalue weighted by atomic mass is 16.5. The molecule has 0 fully saturated rings. The molecule has 1 aromatic heterocycles. The molecule has 3 rings (SSSR count). The maximum atomic E-state index is 12.6. The van der Waals surface area contributed by atoms with E-state index in [0.717, 1.165) is 41.0 Å². The minimum Gasteiger partial charge on any atom is -0.497 e. The molecule has 0 aliphatic carbocycles. The predicted molar refractivity (Wildman–Crippen MR) is 103 cm³/mol. The molecule has 0 saturated heterocycles. The van der Waals surface area contributed by atoms with E-state index in [1.807, 2.05) is 43.3 Å². The van der Waals surface area contributed by atoms with Crippen molar-refractivity contribution < 1.29 is 9.15 Å². The maximum Gasteiger partial charge on any atom is 0.344 e. The third-order valence-electron chi connectivity index (χ3n) is 4.66. The highest BCUT2D eigenvalue weighted by Crippen LogP contribution is 2.30. The first-order valence-corrected chi connectivity index (χ1v) is 8.55. The molecule has 4 nitrogen and oxygen atoms in total. The second-order valence-corrected chi connectivity index (χ2v) is 5.97. The van der Waals surface area contributed by atoms with E-state index in [9.17, 15) is 4.79 Å². The Bertz CT molecular complexity index is 938. The Balaban J connectivity index is 2.15. The molecule has 0 N–H and O–H groups in total. The van der Waals surface area contributed by atoms with Gasteiger partial charge in [0.05, 0.1) is 12.7 Å². The molecule has 0 amide bonds. The van der Waals surface area contributed by atoms with E-state index in [1.54, 1.807) is 7.11 Å². The quantitative estimate of drug-likeness (QED) is 0.637. The van der Waals surface area contributed by atoms with Gasteiger partial charge in [-0.05, 0) is 56.2 Å². The molecule has 25 heavy (non-hydrogen) atoms. The normalized spacial score (nSPS) is 10.9. The SMILES string of the molecule is CCN(CC)c1ccc2c(C)c(-c3ccc(OC)cc3)c(=O)oc2c1. The highest BCUT2D eigenvalue weighted by Gasteiger charge is 2.14. The van der Waals surface area contributed by atoms with Crippen LogP contribution in [0.1, 0.15) is 19.4 Å². The van der Waals surface area contributed by atoms with Crippen LogP contribution in [0, 0.1) is 6.92 Å². The lowest BCUT2D eigenvalue weighted by Gasteiger charge is -2.21. The van der Waals surface area contributed by atoms with Crippen LogP contribution in [-0.2, 0) is 0 Å². The van der Waals surface area contributed by atoms with Crippen LogP contribution in [0.5, 0.6) is 5.75 Å². The first kappa shape index (κ1) is 17.1. The zero-order chi connectivity index (χ0) is 18.0. The number of rotatable bonds is 5. The molecule has 3 aromatic rings. The Morgan fingerprint density at radius 3 is 2.32 bits per heavy atom. The van der Waals surface area contributed by atoms with Gasteiger partial charge in [-0.1, -0.05) is 12.1 Å². The zero-order valence-corrected chi connectivity index (χ0v) is 15.1. The van der Waals surface area contributed by atoms with Crippen LogP contribution >= 0.6 is 0 Å². The van der Waals surface area contributed by atoms with Gasteiger partial charge in [-0.3, -0.25) is 0 Å². The van der Waals surface area contributed by atoms with Crippen LogP contribution in [0.2, 0.25) is 0 Å². The topological polar surface area (TPSA) is 42.7 Å². The van der Waals surface area contributed by atoms with Crippen molar-refractivity contribution >= 4 is 16.7 Å². The summed E-state index contributed by atoms with van der Waals surface area (Å²) in [4.78, 5) is 14.8. The number of ether oxygens (including phenoxy) is 1. The van der Waals surface area contributed by atoms with Gasteiger partial charge >= 0.3 is 5.63 Å². The van der Waals surface area contributed by atoms with Gasteiger partial charge in [0.2, 0.25) is 0 Å². The van der Waals surface area contributed by atoms with Crippen molar-refractivity contribution in [3.8, 4) is 16.9 Å². The minimum absolute atomic E-state index is 0.313. The number of methoxy groups -OCH3 is 1. The van der Waals surface area contributed by atoms with E-state index in [4.69, 9.17) is 9.15 Å². The van der Waals surface area contributed by atoms with Crippen molar-refractivity contribution in [3.63, 3.8) is 0 Å². The van der Waals surface area contributed by atoms with Gasteiger partial charge in [0.25, 0.3) is 0 Å². The predicted octanol–water partition coefficient (Wildman–Crippen LogP) is 4.62. The van der Waals surface area contributed by atoms with Crippen molar-refractivity contribution in [1.82, 2.24) is 0 Å². The van der Waals surface area contributed by atoms with E-state index in [2.05, 4.69) is 24.8 Å². The van der Waals surface area contributed by atoms with Crippen LogP contribution in [0.3, 0.4) is 0 Å². The average Bonchev–Trinajstić information content (AvgIpc) is 2.63. The van der Waals surface area contributed by atoms with E-state index >= 15 is 0 Å². The number of hydrogen-bond donors (Lipinski definition) is 0. The fourth-order valence-corrected chi connectivity index (χ4v) is 3.22. The summed E-state index contributed by atoms with van der Waals surface area (Å²) in [6.07, 6.45) is 0. The lowest BCUT2D eigenvalue weighted by molar-refractivity contribution is 0.415. The summed E-state index contributed by atoms with van der Waals surface area (Å²) in [5.41, 5.74) is 3.75. The van der Waals surface area contributed by atoms with Crippen LogP contribution in [0.4, 0.5) is 5.69 Å². The van der Waals surface area contributed by atoms with Crippen LogP contribution in [-0.4, -0.2) is 20.2 Å². The Morgan fingerprint density at radius 2 is 1.72 bits per heavy atom. The number of hydrogen-bond acceptors (Lipinski definition) is 4. The molecule has 0 radical (unpaired) electrons. The van der Waals surface area contributed by atoms with Crippen LogP contribution in [0.25, 0.3) is 22.1 Å². The smallest absolute Gasteiger partial charge is 0.344 e. The van der Waals surface area contributed by atoms with E-state index in [-0.39, 0.29) is 5.63 Å². The summed E-state index contributed by atoms with van der Waals surface area (Å²) >= 11 is 0. The fourth-order valence-electron chi connectivity index (χ4n) is 3.22. The van der Waals surface area contributed by atoms with Gasteiger partial charge in [0, 0.05) is 30.2 Å². The van der Waals surface area contributed by atoms with Crippen LogP contribution in [0.15, 0.2) is 51.7 Å². The van der Waals surface area contributed by atoms with Crippen molar-refractivity contribution in [1.29, 1.82) is 0 Å². The van der Waals surface area contributed by atoms with Gasteiger partial charge in [-0.2, -0.15) is 0 Å². The van der Waals surface area contributed by atoms with Crippen molar-refractivity contribution in [2.45, 2.75) is 20.8 Å². The second-order valence-electron chi connectivity index (χ2n) is 5.97. The number of aryl methyl sites for hydroxylation is 1. The molecule has 0 atom stereocenters. The Labute approximate surface area is 147 Å². The fraction of sp³-hybridized carbons (Fsp3) is 0.286. The average molecular weight is 337 g/mol. The zero-order valence-electron chi connectivity index (χ0n) is 15.1. The number of nitrogens with zero attached hydrogens (tertiary/aromatic N) is 1. The van der Waals surface area contributed by atoms with Gasteiger partial charge < -0.3 is 14.1 Å². The second kappa shape index (κ2) is 7.01. The maximum absolute atomic E-state index is 12.6. The third kappa shape index (κ3) is 3.12. The molecule has 0 unspecified atom stereocenters. The molecule has 1 heterocycles. The summed E-state index contributed by atoms with van der Waals surface area (Å²) < 4.78 is 10.8. The monoisotopic (exact) mass is 337 g/mol. The molecule has 0 spiro atoms. The van der Waals surface area contributed by atoms with E-state index in [1.165, 1.54) is 0 Å². The number of benzene rings is 2. The molecule has 0 bridgehead atoms. The summed E-state index contributed by atoms with van der Waals surface area (Å²) in [5.74, 6) is 0.760. The van der Waals surface area contributed by atoms with E-state index < -0.39 is 0 Å². The lowest BCUT2D eigenvalue weighted by atomic mass is 9.99. The van der Waals surface area contributed by atoms with Crippen molar-refractivity contribution in [2.75, 3.05) is 25.1 Å². The molecule has 4 heteroatoms. The number of anilines is 1. The Morgan fingerprint density at radius 1 is 1.04 bits per heavy atom. The molecule has 0 aliphatic heterocycles. The molecule has 2 aromatic carbocycles. The molecular weight excluding hydrogens is 314 g/mol. The highest BCUT2D eigenvalue weighted by molar-refractivity contribution is 5.88. The third-order valence-corrected chi connectivity index (χ3v) is 4.66. The van der Waals surface area contributed by atoms with Crippen LogP contribution < -0.4 is 15.3 Å². The minimum atomic E-state index is -0.313. The largest absolute Gasteiger partial charge is 0.497 e. The van der Waals surface area contributed by atoms with E-state index in [0.29, 0.717) is 11.1 Å². The molecule has 130 valence electrons. The molecule has 0 saturated carbocycles. The van der Waals surface area contributed by atoms with Crippen molar-refractivity contribution in [2.24, 2.45) is 0 Å². The Hall–Kier alpha value is -2.75. The van der Waals surface area contributed by atoms with Gasteiger partial charge in [0.15, 0.2) is 0 Å². The van der Waals surface area contributed by atoms with Gasteiger partial charge in [-0.15, -0.1) is 0 Å². The van der Waals surface area contributed by atoms with Gasteiger partial charge in [0.1, 0.15) is 11.3 Å². The summed E-state index contributed by atoms with van der Waals surface area (Å²) in [6, 6.07) is 13.5. The first-order valence-electron chi connectivity index (χ1n) is 8.55. The summed E-state index contributed by atoms with van der Waals surface area (Å²) in [6.45, 7) is 8.02. The molecule has 0 aliphatic rings. The van der Waals surface area contributed by atoms with Gasteiger partial charge in [-0.25, -0.2) is 4.79 Å². The molecular formula is C21H23NO3. The lowest BCUT2D eigenvalue weighted by Crippen LogP contribution is -2.21. The summed E-state index contributed by atoms with van der Waals surface area (Å²) in [7, 11) is 1.62. The number of fused-ring (bicyclic) bond motifs is 1.